The standard InChI is InChI=1S/C16H18N2OS/c1-2-13-7-8-14(20-13)11-18-15-6-4-3-5-12(15)9-17-10-16(18)19/h3-8,17H,2,9-11H2,1H3. The highest BCUT2D eigenvalue weighted by Crippen LogP contribution is 2.26. The molecule has 0 spiro atoms. The lowest BCUT2D eigenvalue weighted by Gasteiger charge is -2.22. The van der Waals surface area contributed by atoms with Crippen molar-refractivity contribution in [2.24, 2.45) is 0 Å². The molecule has 1 N–H and O–H groups in total. The summed E-state index contributed by atoms with van der Waals surface area (Å²) in [7, 11) is 0. The highest BCUT2D eigenvalue weighted by Gasteiger charge is 2.22. The summed E-state index contributed by atoms with van der Waals surface area (Å²) in [4.78, 5) is 16.8. The van der Waals surface area contributed by atoms with Gasteiger partial charge in [-0.25, -0.2) is 0 Å². The van der Waals surface area contributed by atoms with Crippen LogP contribution < -0.4 is 10.2 Å². The van der Waals surface area contributed by atoms with Gasteiger partial charge in [0.15, 0.2) is 0 Å². The summed E-state index contributed by atoms with van der Waals surface area (Å²) >= 11 is 1.80. The minimum absolute atomic E-state index is 0.140. The molecule has 104 valence electrons. The Bertz CT molecular complexity index is 620. The van der Waals surface area contributed by atoms with Crippen LogP contribution in [0.1, 0.15) is 22.2 Å². The van der Waals surface area contributed by atoms with E-state index in [2.05, 4.69) is 30.4 Å². The third kappa shape index (κ3) is 2.62. The number of carbonyl (C=O) groups is 1. The van der Waals surface area contributed by atoms with Gasteiger partial charge in [0.05, 0.1) is 13.1 Å². The SMILES string of the molecule is CCc1ccc(CN2C(=O)CNCc3ccccc32)s1. The Labute approximate surface area is 123 Å². The summed E-state index contributed by atoms with van der Waals surface area (Å²) in [5.41, 5.74) is 2.22. The number of rotatable bonds is 3. The molecule has 0 saturated heterocycles. The summed E-state index contributed by atoms with van der Waals surface area (Å²) in [6, 6.07) is 12.4. The van der Waals surface area contributed by atoms with E-state index in [1.165, 1.54) is 15.3 Å². The molecule has 1 aromatic heterocycles. The smallest absolute Gasteiger partial charge is 0.241 e. The zero-order chi connectivity index (χ0) is 13.9. The molecule has 0 aliphatic carbocycles. The Hall–Kier alpha value is -1.65. The van der Waals surface area contributed by atoms with Gasteiger partial charge in [-0.15, -0.1) is 11.3 Å². The van der Waals surface area contributed by atoms with Gasteiger partial charge in [0.25, 0.3) is 0 Å². The van der Waals surface area contributed by atoms with Gasteiger partial charge in [0.2, 0.25) is 5.91 Å². The molecule has 20 heavy (non-hydrogen) atoms. The Morgan fingerprint density at radius 1 is 1.15 bits per heavy atom. The first-order chi connectivity index (χ1) is 9.78. The maximum absolute atomic E-state index is 12.3. The van der Waals surface area contributed by atoms with Crippen LogP contribution in [-0.2, 0) is 24.3 Å². The van der Waals surface area contributed by atoms with E-state index >= 15 is 0 Å². The lowest BCUT2D eigenvalue weighted by atomic mass is 10.1. The molecule has 0 fully saturated rings. The monoisotopic (exact) mass is 286 g/mol. The molecule has 1 aromatic carbocycles. The van der Waals surface area contributed by atoms with E-state index in [1.54, 1.807) is 11.3 Å². The molecule has 3 rings (SSSR count). The maximum Gasteiger partial charge on any atom is 0.241 e. The van der Waals surface area contributed by atoms with Gasteiger partial charge < -0.3 is 10.2 Å². The second-order valence-corrected chi connectivity index (χ2v) is 6.19. The first-order valence-corrected chi connectivity index (χ1v) is 7.76. The van der Waals surface area contributed by atoms with Crippen LogP contribution >= 0.6 is 11.3 Å². The molecule has 1 amide bonds. The molecule has 2 heterocycles. The molecular formula is C16H18N2OS. The lowest BCUT2D eigenvalue weighted by Crippen LogP contribution is -2.34. The molecule has 2 aromatic rings. The molecule has 0 radical (unpaired) electrons. The van der Waals surface area contributed by atoms with E-state index in [-0.39, 0.29) is 5.91 Å². The number of para-hydroxylation sites is 1. The van der Waals surface area contributed by atoms with Crippen molar-refractivity contribution < 1.29 is 4.79 Å². The number of thiophene rings is 1. The van der Waals surface area contributed by atoms with Crippen molar-refractivity contribution in [3.05, 3.63) is 51.7 Å². The molecule has 0 bridgehead atoms. The van der Waals surface area contributed by atoms with Crippen molar-refractivity contribution in [1.29, 1.82) is 0 Å². The van der Waals surface area contributed by atoms with Crippen LogP contribution in [0.3, 0.4) is 0 Å². The normalized spacial score (nSPS) is 15.1. The average molecular weight is 286 g/mol. The van der Waals surface area contributed by atoms with E-state index in [1.807, 2.05) is 23.1 Å². The van der Waals surface area contributed by atoms with Gasteiger partial charge in [0.1, 0.15) is 0 Å². The third-order valence-electron chi connectivity index (χ3n) is 3.55. The number of aryl methyl sites for hydroxylation is 1. The van der Waals surface area contributed by atoms with Crippen molar-refractivity contribution in [3.8, 4) is 0 Å². The summed E-state index contributed by atoms with van der Waals surface area (Å²) in [6.45, 7) is 3.98. The van der Waals surface area contributed by atoms with Gasteiger partial charge in [0, 0.05) is 22.0 Å². The summed E-state index contributed by atoms with van der Waals surface area (Å²) < 4.78 is 0. The van der Waals surface area contributed by atoms with Crippen LogP contribution in [0.15, 0.2) is 36.4 Å². The second-order valence-electron chi connectivity index (χ2n) is 4.93. The van der Waals surface area contributed by atoms with Crippen LogP contribution in [0.4, 0.5) is 5.69 Å². The van der Waals surface area contributed by atoms with Crippen molar-refractivity contribution in [3.63, 3.8) is 0 Å². The van der Waals surface area contributed by atoms with Gasteiger partial charge in [-0.05, 0) is 30.2 Å². The van der Waals surface area contributed by atoms with Gasteiger partial charge in [-0.3, -0.25) is 4.79 Å². The number of hydrogen-bond acceptors (Lipinski definition) is 3. The van der Waals surface area contributed by atoms with Crippen molar-refractivity contribution in [1.82, 2.24) is 5.32 Å². The molecular weight excluding hydrogens is 268 g/mol. The fraction of sp³-hybridized carbons (Fsp3) is 0.312. The lowest BCUT2D eigenvalue weighted by molar-refractivity contribution is -0.117. The minimum atomic E-state index is 0.140. The van der Waals surface area contributed by atoms with Gasteiger partial charge >= 0.3 is 0 Å². The molecule has 4 heteroatoms. The Morgan fingerprint density at radius 2 is 1.95 bits per heavy atom. The Kier molecular flexibility index (Phi) is 3.85. The van der Waals surface area contributed by atoms with Crippen LogP contribution in [0.2, 0.25) is 0 Å². The zero-order valence-electron chi connectivity index (χ0n) is 11.6. The first-order valence-electron chi connectivity index (χ1n) is 6.94. The predicted molar refractivity (Wildman–Crippen MR) is 83.0 cm³/mol. The van der Waals surface area contributed by atoms with Crippen molar-refractivity contribution in [2.45, 2.75) is 26.4 Å². The summed E-state index contributed by atoms with van der Waals surface area (Å²) in [5.74, 6) is 0.140. The average Bonchev–Trinajstić information content (AvgIpc) is 2.87. The predicted octanol–water partition coefficient (Wildman–Crippen LogP) is 2.95. The van der Waals surface area contributed by atoms with Crippen LogP contribution in [-0.4, -0.2) is 12.5 Å². The number of amides is 1. The summed E-state index contributed by atoms with van der Waals surface area (Å²) in [5, 5.41) is 3.20. The fourth-order valence-electron chi connectivity index (χ4n) is 2.48. The number of nitrogens with zero attached hydrogens (tertiary/aromatic N) is 1. The number of nitrogens with one attached hydrogen (secondary N) is 1. The quantitative estimate of drug-likeness (QED) is 0.941. The highest BCUT2D eigenvalue weighted by molar-refractivity contribution is 7.12. The fourth-order valence-corrected chi connectivity index (χ4v) is 3.43. The van der Waals surface area contributed by atoms with Crippen LogP contribution in [0.25, 0.3) is 0 Å². The van der Waals surface area contributed by atoms with Gasteiger partial charge in [-0.1, -0.05) is 25.1 Å². The van der Waals surface area contributed by atoms with Crippen LogP contribution in [0, 0.1) is 0 Å². The van der Waals surface area contributed by atoms with E-state index < -0.39 is 0 Å². The summed E-state index contributed by atoms with van der Waals surface area (Å²) in [6.07, 6.45) is 1.05. The molecule has 0 unspecified atom stereocenters. The van der Waals surface area contributed by atoms with E-state index in [4.69, 9.17) is 0 Å². The van der Waals surface area contributed by atoms with Crippen LogP contribution in [0.5, 0.6) is 0 Å². The molecule has 0 saturated carbocycles. The number of carbonyl (C=O) groups excluding carboxylic acids is 1. The van der Waals surface area contributed by atoms with E-state index in [0.29, 0.717) is 13.1 Å². The number of anilines is 1. The van der Waals surface area contributed by atoms with E-state index in [0.717, 1.165) is 18.7 Å². The number of hydrogen-bond donors (Lipinski definition) is 1. The number of benzene rings is 1. The van der Waals surface area contributed by atoms with Crippen molar-refractivity contribution >= 4 is 22.9 Å². The first kappa shape index (κ1) is 13.3. The highest BCUT2D eigenvalue weighted by atomic mass is 32.1. The maximum atomic E-state index is 12.3. The molecule has 1 aliphatic rings. The number of fused-ring (bicyclic) bond motifs is 1. The molecule has 0 atom stereocenters. The Morgan fingerprint density at radius 3 is 2.75 bits per heavy atom. The Balaban J connectivity index is 1.91. The van der Waals surface area contributed by atoms with Gasteiger partial charge in [-0.2, -0.15) is 0 Å². The van der Waals surface area contributed by atoms with Crippen molar-refractivity contribution in [2.75, 3.05) is 11.4 Å². The largest absolute Gasteiger partial charge is 0.306 e. The molecule has 3 nitrogen and oxygen atoms in total. The topological polar surface area (TPSA) is 32.3 Å². The third-order valence-corrected chi connectivity index (χ3v) is 4.77. The minimum Gasteiger partial charge on any atom is -0.306 e. The molecule has 1 aliphatic heterocycles. The zero-order valence-corrected chi connectivity index (χ0v) is 12.4. The second kappa shape index (κ2) is 5.77. The van der Waals surface area contributed by atoms with E-state index in [9.17, 15) is 4.79 Å².